The molecule has 0 bridgehead atoms. The van der Waals surface area contributed by atoms with E-state index < -0.39 is 0 Å². The molecule has 0 aliphatic carbocycles. The summed E-state index contributed by atoms with van der Waals surface area (Å²) in [6.07, 6.45) is 5.26. The fourth-order valence-electron chi connectivity index (χ4n) is 0.820. The zero-order valence-electron chi connectivity index (χ0n) is 10.0. The Hall–Kier alpha value is -0.120. The maximum Gasteiger partial charge on any atom is 0.0693 e. The van der Waals surface area contributed by atoms with Crippen LogP contribution in [-0.4, -0.2) is 38.5 Å². The molecular weight excluding hydrogens is 178 g/mol. The number of hydrogen-bond donors (Lipinski definition) is 2. The summed E-state index contributed by atoms with van der Waals surface area (Å²) in [6.45, 7) is 7.42. The van der Waals surface area contributed by atoms with E-state index in [0.29, 0.717) is 6.61 Å². The Bertz CT molecular complexity index is 71.7. The minimum absolute atomic E-state index is 0.122. The summed E-state index contributed by atoms with van der Waals surface area (Å²) in [5.74, 6) is 0. The Labute approximate surface area is 88.9 Å². The number of aliphatic hydroxyl groups is 1. The molecule has 2 N–H and O–H groups in total. The average molecular weight is 205 g/mol. The molecule has 14 heavy (non-hydrogen) atoms. The van der Waals surface area contributed by atoms with Crippen LogP contribution in [0.1, 0.15) is 39.5 Å². The highest BCUT2D eigenvalue weighted by Crippen LogP contribution is 1.85. The Balaban J connectivity index is 0. The van der Waals surface area contributed by atoms with Crippen LogP contribution in [-0.2, 0) is 4.74 Å². The highest BCUT2D eigenvalue weighted by atomic mass is 16.5. The van der Waals surface area contributed by atoms with E-state index in [4.69, 9.17) is 5.11 Å². The van der Waals surface area contributed by atoms with E-state index >= 15 is 0 Å². The fourth-order valence-corrected chi connectivity index (χ4v) is 0.820. The van der Waals surface area contributed by atoms with E-state index in [2.05, 4.69) is 23.9 Å². The third-order valence-electron chi connectivity index (χ3n) is 1.71. The average Bonchev–Trinajstić information content (AvgIpc) is 2.20. The van der Waals surface area contributed by atoms with Crippen molar-refractivity contribution in [1.29, 1.82) is 0 Å². The van der Waals surface area contributed by atoms with Crippen molar-refractivity contribution < 1.29 is 9.84 Å². The molecule has 0 rings (SSSR count). The number of ether oxygens (including phenoxy) is 1. The lowest BCUT2D eigenvalue weighted by Crippen LogP contribution is -2.15. The van der Waals surface area contributed by atoms with Crippen molar-refractivity contribution >= 4 is 0 Å². The van der Waals surface area contributed by atoms with E-state index in [1.54, 1.807) is 7.11 Å². The van der Waals surface area contributed by atoms with Gasteiger partial charge in [0, 0.05) is 7.11 Å². The van der Waals surface area contributed by atoms with Crippen LogP contribution < -0.4 is 5.32 Å². The van der Waals surface area contributed by atoms with Gasteiger partial charge in [-0.3, -0.25) is 0 Å². The van der Waals surface area contributed by atoms with Crippen LogP contribution in [0.15, 0.2) is 0 Å². The van der Waals surface area contributed by atoms with Crippen molar-refractivity contribution in [3.8, 4) is 0 Å². The van der Waals surface area contributed by atoms with E-state index in [-0.39, 0.29) is 6.61 Å². The summed E-state index contributed by atoms with van der Waals surface area (Å²) < 4.78 is 4.44. The minimum Gasteiger partial charge on any atom is -0.394 e. The van der Waals surface area contributed by atoms with Gasteiger partial charge in [0.1, 0.15) is 0 Å². The van der Waals surface area contributed by atoms with Gasteiger partial charge in [-0.1, -0.05) is 26.7 Å². The lowest BCUT2D eigenvalue weighted by Gasteiger charge is -1.99. The number of methoxy groups -OCH3 is 1. The number of hydrogen-bond acceptors (Lipinski definition) is 3. The molecule has 0 saturated carbocycles. The molecule has 88 valence electrons. The zero-order valence-corrected chi connectivity index (χ0v) is 10.0. The highest BCUT2D eigenvalue weighted by Gasteiger charge is 1.83. The smallest absolute Gasteiger partial charge is 0.0693 e. The standard InChI is InChI=1S/C8H19N.C3H8O2/c1-3-5-7-9-8-6-4-2;1-5-3-2-4/h9H,3-8H2,1-2H3;4H,2-3H2,1H3. The van der Waals surface area contributed by atoms with Gasteiger partial charge < -0.3 is 15.2 Å². The molecule has 0 spiro atoms. The maximum absolute atomic E-state index is 7.94. The lowest BCUT2D eigenvalue weighted by molar-refractivity contribution is 0.135. The Morgan fingerprint density at radius 2 is 1.57 bits per heavy atom. The van der Waals surface area contributed by atoms with Crippen LogP contribution in [0.4, 0.5) is 0 Å². The summed E-state index contributed by atoms with van der Waals surface area (Å²) in [5, 5.41) is 11.3. The van der Waals surface area contributed by atoms with Gasteiger partial charge in [-0.2, -0.15) is 0 Å². The highest BCUT2D eigenvalue weighted by molar-refractivity contribution is 4.45. The normalized spacial score (nSPS) is 9.43. The van der Waals surface area contributed by atoms with Crippen molar-refractivity contribution in [1.82, 2.24) is 5.32 Å². The molecule has 0 heterocycles. The van der Waals surface area contributed by atoms with E-state index in [1.165, 1.54) is 38.8 Å². The molecule has 0 fully saturated rings. The molecule has 0 aromatic carbocycles. The molecule has 0 aliphatic heterocycles. The van der Waals surface area contributed by atoms with Gasteiger partial charge in [-0.25, -0.2) is 0 Å². The van der Waals surface area contributed by atoms with Gasteiger partial charge >= 0.3 is 0 Å². The molecule has 0 amide bonds. The van der Waals surface area contributed by atoms with Crippen LogP contribution in [0.25, 0.3) is 0 Å². The molecule has 0 saturated heterocycles. The second kappa shape index (κ2) is 18.6. The third kappa shape index (κ3) is 22.6. The topological polar surface area (TPSA) is 41.5 Å². The molecule has 0 radical (unpaired) electrons. The predicted octanol–water partition coefficient (Wildman–Crippen LogP) is 1.80. The molecule has 0 aromatic rings. The van der Waals surface area contributed by atoms with Crippen molar-refractivity contribution in [3.63, 3.8) is 0 Å². The quantitative estimate of drug-likeness (QED) is 0.594. The second-order valence-electron chi connectivity index (χ2n) is 3.17. The SMILES string of the molecule is CCCCNCCCC.COCCO. The van der Waals surface area contributed by atoms with Gasteiger partial charge in [0.25, 0.3) is 0 Å². The molecule has 0 aromatic heterocycles. The Morgan fingerprint density at radius 1 is 1.07 bits per heavy atom. The Morgan fingerprint density at radius 3 is 1.79 bits per heavy atom. The molecular formula is C11H27NO2. The minimum atomic E-state index is 0.122. The number of nitrogens with one attached hydrogen (secondary N) is 1. The number of unbranched alkanes of at least 4 members (excludes halogenated alkanes) is 2. The third-order valence-corrected chi connectivity index (χ3v) is 1.71. The van der Waals surface area contributed by atoms with Crippen LogP contribution in [0, 0.1) is 0 Å². The summed E-state index contributed by atoms with van der Waals surface area (Å²) in [4.78, 5) is 0. The lowest BCUT2D eigenvalue weighted by atomic mass is 10.3. The molecule has 0 aliphatic rings. The van der Waals surface area contributed by atoms with Crippen LogP contribution in [0.2, 0.25) is 0 Å². The predicted molar refractivity (Wildman–Crippen MR) is 61.6 cm³/mol. The summed E-state index contributed by atoms with van der Waals surface area (Å²) in [5.41, 5.74) is 0. The summed E-state index contributed by atoms with van der Waals surface area (Å²) in [6, 6.07) is 0. The largest absolute Gasteiger partial charge is 0.394 e. The van der Waals surface area contributed by atoms with E-state index in [0.717, 1.165) is 0 Å². The first-order chi connectivity index (χ1) is 6.83. The molecule has 3 nitrogen and oxygen atoms in total. The molecule has 0 atom stereocenters. The van der Waals surface area contributed by atoms with Crippen molar-refractivity contribution in [3.05, 3.63) is 0 Å². The molecule has 0 unspecified atom stereocenters. The first kappa shape index (κ1) is 16.3. The maximum atomic E-state index is 7.94. The van der Waals surface area contributed by atoms with Crippen LogP contribution in [0.3, 0.4) is 0 Å². The summed E-state index contributed by atoms with van der Waals surface area (Å²) >= 11 is 0. The van der Waals surface area contributed by atoms with Gasteiger partial charge in [-0.15, -0.1) is 0 Å². The first-order valence-corrected chi connectivity index (χ1v) is 5.63. The zero-order chi connectivity index (χ0) is 11.1. The number of aliphatic hydroxyl groups excluding tert-OH is 1. The van der Waals surface area contributed by atoms with E-state index in [9.17, 15) is 0 Å². The van der Waals surface area contributed by atoms with Crippen LogP contribution >= 0.6 is 0 Å². The van der Waals surface area contributed by atoms with Crippen molar-refractivity contribution in [2.24, 2.45) is 0 Å². The van der Waals surface area contributed by atoms with Gasteiger partial charge in [-0.05, 0) is 25.9 Å². The fraction of sp³-hybridized carbons (Fsp3) is 1.00. The molecule has 3 heteroatoms. The van der Waals surface area contributed by atoms with Crippen molar-refractivity contribution in [2.75, 3.05) is 33.4 Å². The van der Waals surface area contributed by atoms with Crippen molar-refractivity contribution in [2.45, 2.75) is 39.5 Å². The van der Waals surface area contributed by atoms with E-state index in [1.807, 2.05) is 0 Å². The second-order valence-corrected chi connectivity index (χ2v) is 3.17. The first-order valence-electron chi connectivity index (χ1n) is 5.63. The Kier molecular flexibility index (Phi) is 21.7. The van der Waals surface area contributed by atoms with Gasteiger partial charge in [0.05, 0.1) is 13.2 Å². The van der Waals surface area contributed by atoms with Gasteiger partial charge in [0.15, 0.2) is 0 Å². The monoisotopic (exact) mass is 205 g/mol. The summed E-state index contributed by atoms with van der Waals surface area (Å²) in [7, 11) is 1.55. The number of rotatable bonds is 8. The van der Waals surface area contributed by atoms with Crippen LogP contribution in [0.5, 0.6) is 0 Å². The van der Waals surface area contributed by atoms with Gasteiger partial charge in [0.2, 0.25) is 0 Å².